The van der Waals surface area contributed by atoms with Crippen LogP contribution in [0.2, 0.25) is 0 Å². The number of rotatable bonds is 6. The lowest BCUT2D eigenvalue weighted by atomic mass is 9.96. The van der Waals surface area contributed by atoms with Gasteiger partial charge in [0.15, 0.2) is 0 Å². The predicted octanol–water partition coefficient (Wildman–Crippen LogP) is 3.37. The van der Waals surface area contributed by atoms with Gasteiger partial charge in [0.2, 0.25) is 0 Å². The van der Waals surface area contributed by atoms with Crippen molar-refractivity contribution in [3.63, 3.8) is 0 Å². The summed E-state index contributed by atoms with van der Waals surface area (Å²) in [5.74, 6) is 1.04. The van der Waals surface area contributed by atoms with Crippen molar-refractivity contribution >= 4 is 0 Å². The van der Waals surface area contributed by atoms with Crippen LogP contribution in [0, 0.1) is 13.8 Å². The van der Waals surface area contributed by atoms with Crippen molar-refractivity contribution in [3.8, 4) is 0 Å². The molecule has 4 heteroatoms. The Morgan fingerprint density at radius 3 is 2.62 bits per heavy atom. The van der Waals surface area contributed by atoms with Crippen molar-refractivity contribution < 1.29 is 0 Å². The molecule has 0 aliphatic rings. The van der Waals surface area contributed by atoms with Crippen LogP contribution < -0.4 is 5.32 Å². The Balaban J connectivity index is 2.28. The molecule has 1 aromatic carbocycles. The Bertz CT molecular complexity index is 586. The summed E-state index contributed by atoms with van der Waals surface area (Å²) in [5.41, 5.74) is 3.98. The molecular weight excluding hydrogens is 260 g/mol. The SMILES string of the molecule is CCNC(Cc1ncnn1C(C)C)c1ccc(C)cc1C. The molecule has 1 heterocycles. The van der Waals surface area contributed by atoms with E-state index in [0.717, 1.165) is 18.8 Å². The smallest absolute Gasteiger partial charge is 0.138 e. The highest BCUT2D eigenvalue weighted by atomic mass is 15.3. The van der Waals surface area contributed by atoms with E-state index in [2.05, 4.69) is 68.2 Å². The summed E-state index contributed by atoms with van der Waals surface area (Å²) in [6, 6.07) is 7.27. The number of nitrogens with zero attached hydrogens (tertiary/aromatic N) is 3. The average molecular weight is 286 g/mol. The van der Waals surface area contributed by atoms with Gasteiger partial charge in [0, 0.05) is 18.5 Å². The standard InChI is InChI=1S/C17H26N4/c1-6-18-16(15-8-7-13(4)9-14(15)5)10-17-19-11-20-21(17)12(2)3/h7-9,11-12,16,18H,6,10H2,1-5H3. The summed E-state index contributed by atoms with van der Waals surface area (Å²) >= 11 is 0. The van der Waals surface area contributed by atoms with E-state index in [-0.39, 0.29) is 6.04 Å². The second kappa shape index (κ2) is 6.85. The molecule has 0 bridgehead atoms. The van der Waals surface area contributed by atoms with Crippen LogP contribution in [0.15, 0.2) is 24.5 Å². The van der Waals surface area contributed by atoms with Gasteiger partial charge < -0.3 is 5.32 Å². The maximum atomic E-state index is 4.44. The first kappa shape index (κ1) is 15.7. The topological polar surface area (TPSA) is 42.7 Å². The second-order valence-corrected chi connectivity index (χ2v) is 5.89. The molecule has 1 aromatic heterocycles. The van der Waals surface area contributed by atoms with Crippen LogP contribution in [-0.4, -0.2) is 21.3 Å². The van der Waals surface area contributed by atoms with E-state index in [4.69, 9.17) is 0 Å². The molecule has 0 spiro atoms. The molecule has 114 valence electrons. The molecular formula is C17H26N4. The number of aryl methyl sites for hydroxylation is 2. The van der Waals surface area contributed by atoms with E-state index < -0.39 is 0 Å². The minimum Gasteiger partial charge on any atom is -0.310 e. The zero-order valence-corrected chi connectivity index (χ0v) is 13.7. The van der Waals surface area contributed by atoms with Crippen molar-refractivity contribution in [2.24, 2.45) is 0 Å². The molecule has 0 fully saturated rings. The van der Waals surface area contributed by atoms with Crippen LogP contribution >= 0.6 is 0 Å². The van der Waals surface area contributed by atoms with Crippen molar-refractivity contribution in [3.05, 3.63) is 47.0 Å². The van der Waals surface area contributed by atoms with Gasteiger partial charge in [-0.3, -0.25) is 0 Å². The molecule has 2 rings (SSSR count). The minimum atomic E-state index is 0.275. The van der Waals surface area contributed by atoms with Crippen molar-refractivity contribution in [1.29, 1.82) is 0 Å². The molecule has 1 N–H and O–H groups in total. The summed E-state index contributed by atoms with van der Waals surface area (Å²) < 4.78 is 2.01. The van der Waals surface area contributed by atoms with Gasteiger partial charge in [-0.2, -0.15) is 5.10 Å². The third kappa shape index (κ3) is 3.70. The number of benzene rings is 1. The fraction of sp³-hybridized carbons (Fsp3) is 0.529. The van der Waals surface area contributed by atoms with Gasteiger partial charge in [0.25, 0.3) is 0 Å². The summed E-state index contributed by atoms with van der Waals surface area (Å²) in [7, 11) is 0. The van der Waals surface area contributed by atoms with Gasteiger partial charge in [-0.1, -0.05) is 30.7 Å². The Labute approximate surface area is 127 Å². The first-order valence-electron chi connectivity index (χ1n) is 7.71. The highest BCUT2D eigenvalue weighted by Gasteiger charge is 2.17. The first-order chi connectivity index (χ1) is 10.0. The van der Waals surface area contributed by atoms with Gasteiger partial charge in [0.05, 0.1) is 0 Å². The van der Waals surface area contributed by atoms with E-state index in [1.807, 2.05) is 4.68 Å². The Kier molecular flexibility index (Phi) is 5.12. The third-order valence-electron chi connectivity index (χ3n) is 3.77. The maximum Gasteiger partial charge on any atom is 0.138 e. The summed E-state index contributed by atoms with van der Waals surface area (Å²) in [6.07, 6.45) is 2.51. The van der Waals surface area contributed by atoms with Gasteiger partial charge in [-0.05, 0) is 45.4 Å². The fourth-order valence-electron chi connectivity index (χ4n) is 2.79. The number of likely N-dealkylation sites (N-methyl/N-ethyl adjacent to an activating group) is 1. The number of hydrogen-bond acceptors (Lipinski definition) is 3. The zero-order valence-electron chi connectivity index (χ0n) is 13.7. The lowest BCUT2D eigenvalue weighted by Crippen LogP contribution is -2.25. The monoisotopic (exact) mass is 286 g/mol. The van der Waals surface area contributed by atoms with Crippen LogP contribution in [0.1, 0.15) is 55.4 Å². The van der Waals surface area contributed by atoms with Crippen molar-refractivity contribution in [2.45, 2.75) is 53.1 Å². The summed E-state index contributed by atoms with van der Waals surface area (Å²) in [6.45, 7) is 11.7. The first-order valence-corrected chi connectivity index (χ1v) is 7.71. The molecule has 1 atom stereocenters. The van der Waals surface area contributed by atoms with Crippen molar-refractivity contribution in [2.75, 3.05) is 6.54 Å². The highest BCUT2D eigenvalue weighted by Crippen LogP contribution is 2.23. The molecule has 0 saturated carbocycles. The van der Waals surface area contributed by atoms with E-state index in [1.54, 1.807) is 6.33 Å². The van der Waals surface area contributed by atoms with Gasteiger partial charge in [0.1, 0.15) is 12.2 Å². The molecule has 0 aliphatic carbocycles. The zero-order chi connectivity index (χ0) is 15.4. The fourth-order valence-corrected chi connectivity index (χ4v) is 2.79. The van der Waals surface area contributed by atoms with Crippen LogP contribution in [0.3, 0.4) is 0 Å². The van der Waals surface area contributed by atoms with Crippen LogP contribution in [0.25, 0.3) is 0 Å². The Morgan fingerprint density at radius 2 is 2.00 bits per heavy atom. The second-order valence-electron chi connectivity index (χ2n) is 5.89. The molecule has 0 amide bonds. The predicted molar refractivity (Wildman–Crippen MR) is 86.4 cm³/mol. The third-order valence-corrected chi connectivity index (χ3v) is 3.77. The number of hydrogen-bond donors (Lipinski definition) is 1. The van der Waals surface area contributed by atoms with E-state index in [9.17, 15) is 0 Å². The van der Waals surface area contributed by atoms with Crippen LogP contribution in [-0.2, 0) is 6.42 Å². The van der Waals surface area contributed by atoms with E-state index >= 15 is 0 Å². The molecule has 1 unspecified atom stereocenters. The molecule has 4 nitrogen and oxygen atoms in total. The Morgan fingerprint density at radius 1 is 1.24 bits per heavy atom. The lowest BCUT2D eigenvalue weighted by Gasteiger charge is -2.21. The van der Waals surface area contributed by atoms with Crippen LogP contribution in [0.5, 0.6) is 0 Å². The van der Waals surface area contributed by atoms with Crippen LogP contribution in [0.4, 0.5) is 0 Å². The minimum absolute atomic E-state index is 0.275. The van der Waals surface area contributed by atoms with Gasteiger partial charge >= 0.3 is 0 Å². The largest absolute Gasteiger partial charge is 0.310 e. The molecule has 0 radical (unpaired) electrons. The molecule has 21 heavy (non-hydrogen) atoms. The summed E-state index contributed by atoms with van der Waals surface area (Å²) in [5, 5.41) is 7.92. The molecule has 0 saturated heterocycles. The normalized spacial score (nSPS) is 12.9. The van der Waals surface area contributed by atoms with E-state index in [0.29, 0.717) is 6.04 Å². The van der Waals surface area contributed by atoms with Crippen molar-refractivity contribution in [1.82, 2.24) is 20.1 Å². The maximum absolute atomic E-state index is 4.44. The Hall–Kier alpha value is -1.68. The van der Waals surface area contributed by atoms with E-state index in [1.165, 1.54) is 16.7 Å². The highest BCUT2D eigenvalue weighted by molar-refractivity contribution is 5.33. The number of aromatic nitrogens is 3. The molecule has 0 aliphatic heterocycles. The molecule has 2 aromatic rings. The average Bonchev–Trinajstić information content (AvgIpc) is 2.86. The number of nitrogens with one attached hydrogen (secondary N) is 1. The van der Waals surface area contributed by atoms with Gasteiger partial charge in [-0.25, -0.2) is 9.67 Å². The quantitative estimate of drug-likeness (QED) is 0.885. The lowest BCUT2D eigenvalue weighted by molar-refractivity contribution is 0.468. The van der Waals surface area contributed by atoms with Gasteiger partial charge in [-0.15, -0.1) is 0 Å². The summed E-state index contributed by atoms with van der Waals surface area (Å²) in [4.78, 5) is 4.44.